The summed E-state index contributed by atoms with van der Waals surface area (Å²) in [4.78, 5) is 1.40. The molecule has 1 aromatic carbocycles. The first-order valence-corrected chi connectivity index (χ1v) is 8.05. The number of halogens is 1. The Morgan fingerprint density at radius 1 is 1.21 bits per heavy atom. The number of benzene rings is 1. The summed E-state index contributed by atoms with van der Waals surface area (Å²) in [5.41, 5.74) is 1.36. The normalized spacial score (nSPS) is 18.2. The minimum absolute atomic E-state index is 0.404. The van der Waals surface area contributed by atoms with Crippen LogP contribution in [0.1, 0.15) is 42.3 Å². The van der Waals surface area contributed by atoms with Gasteiger partial charge in [0.05, 0.1) is 0 Å². The topological polar surface area (TPSA) is 12.0 Å². The summed E-state index contributed by atoms with van der Waals surface area (Å²) in [7, 11) is 0. The van der Waals surface area contributed by atoms with Crippen molar-refractivity contribution in [3.63, 3.8) is 0 Å². The molecule has 0 spiro atoms. The first kappa shape index (κ1) is 13.2. The molecule has 1 unspecified atom stereocenters. The molecule has 0 saturated heterocycles. The molecule has 1 aliphatic carbocycles. The van der Waals surface area contributed by atoms with Crippen LogP contribution in [0.2, 0.25) is 5.02 Å². The molecule has 3 rings (SSSR count). The lowest BCUT2D eigenvalue weighted by molar-refractivity contribution is 0.431. The Balaban J connectivity index is 1.76. The van der Waals surface area contributed by atoms with Crippen LogP contribution in [0.25, 0.3) is 0 Å². The SMILES string of the molecule is C[C@@H](NC(c1ccc(Cl)cc1)C1CC1)c1cccs1. The predicted molar refractivity (Wildman–Crippen MR) is 82.8 cm³/mol. The predicted octanol–water partition coefficient (Wildman–Crippen LogP) is 5.20. The molecule has 0 radical (unpaired) electrons. The molecule has 100 valence electrons. The van der Waals surface area contributed by atoms with Gasteiger partial charge >= 0.3 is 0 Å². The van der Waals surface area contributed by atoms with Gasteiger partial charge in [0.15, 0.2) is 0 Å². The highest BCUT2D eigenvalue weighted by atomic mass is 35.5. The van der Waals surface area contributed by atoms with Crippen LogP contribution in [-0.2, 0) is 0 Å². The third kappa shape index (κ3) is 3.19. The van der Waals surface area contributed by atoms with Gasteiger partial charge in [0.25, 0.3) is 0 Å². The van der Waals surface area contributed by atoms with E-state index in [9.17, 15) is 0 Å². The van der Waals surface area contributed by atoms with Gasteiger partial charge in [0.2, 0.25) is 0 Å². The molecule has 0 bridgehead atoms. The van der Waals surface area contributed by atoms with Gasteiger partial charge in [0.1, 0.15) is 0 Å². The molecule has 0 aliphatic heterocycles. The van der Waals surface area contributed by atoms with E-state index in [4.69, 9.17) is 11.6 Å². The molecular weight excluding hydrogens is 274 g/mol. The molecule has 1 aliphatic rings. The third-order valence-corrected chi connectivity index (χ3v) is 5.03. The summed E-state index contributed by atoms with van der Waals surface area (Å²) >= 11 is 7.80. The molecule has 3 heteroatoms. The lowest BCUT2D eigenvalue weighted by Gasteiger charge is -2.23. The maximum atomic E-state index is 5.98. The molecule has 1 N–H and O–H groups in total. The van der Waals surface area contributed by atoms with E-state index in [1.165, 1.54) is 23.3 Å². The fraction of sp³-hybridized carbons (Fsp3) is 0.375. The third-order valence-electron chi connectivity index (χ3n) is 3.72. The molecule has 1 aromatic heterocycles. The van der Waals surface area contributed by atoms with Gasteiger partial charge in [-0.05, 0) is 54.8 Å². The van der Waals surface area contributed by atoms with Crippen molar-refractivity contribution >= 4 is 22.9 Å². The zero-order chi connectivity index (χ0) is 13.2. The smallest absolute Gasteiger partial charge is 0.0406 e. The Kier molecular flexibility index (Phi) is 3.92. The molecule has 1 heterocycles. The summed E-state index contributed by atoms with van der Waals surface area (Å²) in [6, 6.07) is 13.5. The molecule has 19 heavy (non-hydrogen) atoms. The molecule has 1 nitrogen and oxygen atoms in total. The van der Waals surface area contributed by atoms with Gasteiger partial charge in [-0.25, -0.2) is 0 Å². The van der Waals surface area contributed by atoms with Crippen molar-refractivity contribution in [2.24, 2.45) is 5.92 Å². The summed E-state index contributed by atoms with van der Waals surface area (Å²) < 4.78 is 0. The second kappa shape index (κ2) is 5.66. The zero-order valence-corrected chi connectivity index (χ0v) is 12.5. The zero-order valence-electron chi connectivity index (χ0n) is 11.0. The highest BCUT2D eigenvalue weighted by Crippen LogP contribution is 2.42. The summed E-state index contributed by atoms with van der Waals surface area (Å²) in [6.07, 6.45) is 2.66. The average molecular weight is 292 g/mol. The summed E-state index contributed by atoms with van der Waals surface area (Å²) in [6.45, 7) is 2.25. The molecule has 2 atom stereocenters. The van der Waals surface area contributed by atoms with E-state index in [1.54, 1.807) is 0 Å². The van der Waals surface area contributed by atoms with Crippen LogP contribution in [0.15, 0.2) is 41.8 Å². The molecule has 0 amide bonds. The van der Waals surface area contributed by atoms with Crippen molar-refractivity contribution in [2.45, 2.75) is 31.8 Å². The minimum atomic E-state index is 0.404. The molecular formula is C16H18ClNS. The van der Waals surface area contributed by atoms with Crippen molar-refractivity contribution in [3.8, 4) is 0 Å². The van der Waals surface area contributed by atoms with Crippen LogP contribution in [0.5, 0.6) is 0 Å². The van der Waals surface area contributed by atoms with Gasteiger partial charge in [-0.2, -0.15) is 0 Å². The van der Waals surface area contributed by atoms with Crippen molar-refractivity contribution in [1.82, 2.24) is 5.32 Å². The quantitative estimate of drug-likeness (QED) is 0.798. The van der Waals surface area contributed by atoms with E-state index < -0.39 is 0 Å². The largest absolute Gasteiger partial charge is 0.302 e. The molecule has 1 saturated carbocycles. The van der Waals surface area contributed by atoms with Crippen LogP contribution >= 0.6 is 22.9 Å². The Bertz CT molecular complexity index is 516. The lowest BCUT2D eigenvalue weighted by atomic mass is 10.0. The van der Waals surface area contributed by atoms with E-state index >= 15 is 0 Å². The summed E-state index contributed by atoms with van der Waals surface area (Å²) in [5, 5.41) is 6.74. The fourth-order valence-electron chi connectivity index (χ4n) is 2.49. The van der Waals surface area contributed by atoms with Crippen molar-refractivity contribution in [1.29, 1.82) is 0 Å². The van der Waals surface area contributed by atoms with Crippen LogP contribution in [0.4, 0.5) is 0 Å². The van der Waals surface area contributed by atoms with E-state index in [2.05, 4.69) is 41.9 Å². The van der Waals surface area contributed by atoms with Crippen LogP contribution in [-0.4, -0.2) is 0 Å². The first-order chi connectivity index (χ1) is 9.24. The van der Waals surface area contributed by atoms with Gasteiger partial charge in [0, 0.05) is 22.0 Å². The van der Waals surface area contributed by atoms with E-state index in [0.717, 1.165) is 10.9 Å². The Labute approximate surface area is 123 Å². The van der Waals surface area contributed by atoms with Crippen molar-refractivity contribution < 1.29 is 0 Å². The Hall–Kier alpha value is -0.830. The second-order valence-corrected chi connectivity index (χ2v) is 6.69. The molecule has 2 aromatic rings. The Morgan fingerprint density at radius 2 is 1.95 bits per heavy atom. The van der Waals surface area contributed by atoms with Crippen molar-refractivity contribution in [2.75, 3.05) is 0 Å². The number of hydrogen-bond donors (Lipinski definition) is 1. The monoisotopic (exact) mass is 291 g/mol. The van der Waals surface area contributed by atoms with Gasteiger partial charge in [-0.15, -0.1) is 11.3 Å². The van der Waals surface area contributed by atoms with E-state index in [0.29, 0.717) is 12.1 Å². The van der Waals surface area contributed by atoms with Crippen LogP contribution < -0.4 is 5.32 Å². The average Bonchev–Trinajstić information content (AvgIpc) is 3.10. The number of nitrogens with one attached hydrogen (secondary N) is 1. The molecule has 1 fully saturated rings. The number of rotatable bonds is 5. The van der Waals surface area contributed by atoms with Gasteiger partial charge in [-0.3, -0.25) is 0 Å². The maximum Gasteiger partial charge on any atom is 0.0406 e. The van der Waals surface area contributed by atoms with Gasteiger partial charge < -0.3 is 5.32 Å². The number of hydrogen-bond acceptors (Lipinski definition) is 2. The first-order valence-electron chi connectivity index (χ1n) is 6.79. The standard InChI is InChI=1S/C16H18ClNS/c1-11(15-3-2-10-19-15)18-16(12-4-5-12)13-6-8-14(17)9-7-13/h2-3,6-12,16,18H,4-5H2,1H3/t11-,16?/m1/s1. The highest BCUT2D eigenvalue weighted by Gasteiger charge is 2.33. The minimum Gasteiger partial charge on any atom is -0.302 e. The number of thiophene rings is 1. The van der Waals surface area contributed by atoms with E-state index in [1.807, 2.05) is 23.5 Å². The van der Waals surface area contributed by atoms with Crippen LogP contribution in [0.3, 0.4) is 0 Å². The van der Waals surface area contributed by atoms with E-state index in [-0.39, 0.29) is 0 Å². The maximum absolute atomic E-state index is 5.98. The fourth-order valence-corrected chi connectivity index (χ4v) is 3.36. The van der Waals surface area contributed by atoms with Gasteiger partial charge in [-0.1, -0.05) is 29.8 Å². The highest BCUT2D eigenvalue weighted by molar-refractivity contribution is 7.10. The summed E-state index contributed by atoms with van der Waals surface area (Å²) in [5.74, 6) is 0.781. The Morgan fingerprint density at radius 3 is 2.53 bits per heavy atom. The van der Waals surface area contributed by atoms with Crippen LogP contribution in [0, 0.1) is 5.92 Å². The second-order valence-electron chi connectivity index (χ2n) is 5.27. The lowest BCUT2D eigenvalue weighted by Crippen LogP contribution is -2.25. The van der Waals surface area contributed by atoms with Crippen molar-refractivity contribution in [3.05, 3.63) is 57.2 Å².